The predicted molar refractivity (Wildman–Crippen MR) is 22.3 cm³/mol. The molecule has 0 unspecified atom stereocenters. The third-order valence-electron chi connectivity index (χ3n) is 0.340. The van der Waals surface area contributed by atoms with Crippen LogP contribution in [0.4, 0.5) is 0 Å². The van der Waals surface area contributed by atoms with Crippen LogP contribution in [0.2, 0.25) is 0 Å². The first-order valence-corrected chi connectivity index (χ1v) is 2.35. The van der Waals surface area contributed by atoms with E-state index in [4.69, 9.17) is 0 Å². The largest absolute Gasteiger partial charge is 0.212 e. The summed E-state index contributed by atoms with van der Waals surface area (Å²) in [5.74, 6) is 1.62. The first-order chi connectivity index (χ1) is 3.00. The Morgan fingerprint density at radius 3 is 2.50 bits per heavy atom. The Morgan fingerprint density at radius 1 is 1.33 bits per heavy atom. The van der Waals surface area contributed by atoms with Gasteiger partial charge in [0.05, 0.1) is 14.3 Å². The van der Waals surface area contributed by atoms with Crippen LogP contribution in [0.15, 0.2) is 12.3 Å². The zero-order chi connectivity index (χ0) is 4.24. The summed E-state index contributed by atoms with van der Waals surface area (Å²) in [5.41, 5.74) is 0. The zero-order valence-electron chi connectivity index (χ0n) is 2.94. The van der Waals surface area contributed by atoms with Crippen LogP contribution in [0.3, 0.4) is 0 Å². The molecule has 0 N–H and O–H groups in total. The maximum absolute atomic E-state index is 3.71. The van der Waals surface area contributed by atoms with Gasteiger partial charge in [0.15, 0.2) is 0 Å². The van der Waals surface area contributed by atoms with E-state index < -0.39 is 0 Å². The number of hydrogen-bond donors (Lipinski definition) is 0. The van der Waals surface area contributed by atoms with Crippen molar-refractivity contribution < 1.29 is 0 Å². The van der Waals surface area contributed by atoms with Crippen molar-refractivity contribution in [3.63, 3.8) is 0 Å². The van der Waals surface area contributed by atoms with Crippen LogP contribution in [-0.4, -0.2) is 14.9 Å². The normalized spacial score (nSPS) is 9.33. The minimum absolute atomic E-state index is 0.882. The highest BCUT2D eigenvalue weighted by Crippen LogP contribution is 1.84. The van der Waals surface area contributed by atoms with Gasteiger partial charge in [-0.15, -0.1) is 5.10 Å². The van der Waals surface area contributed by atoms with Gasteiger partial charge >= 0.3 is 0 Å². The molecular weight excluding hydrogens is 97.0 g/mol. The average molecular weight is 99.0 g/mol. The summed E-state index contributed by atoms with van der Waals surface area (Å²) in [6, 6.07) is 0. The lowest BCUT2D eigenvalue weighted by Gasteiger charge is -1.67. The molecule has 3 nitrogen and oxygen atoms in total. The molecule has 0 atom stereocenters. The Labute approximate surface area is 36.6 Å². The second-order valence-electron chi connectivity index (χ2n) is 0.693. The predicted octanol–water partition coefficient (Wildman–Crippen LogP) is 0.452. The molecule has 0 saturated heterocycles. The molecule has 1 rings (SSSR count). The Kier molecular flexibility index (Phi) is 1.07. The third-order valence-corrected chi connectivity index (χ3v) is 0.783. The van der Waals surface area contributed by atoms with Crippen molar-refractivity contribution in [3.05, 3.63) is 12.3 Å². The third kappa shape index (κ3) is 0.692. The average Bonchev–Trinajstić information content (AvgIpc) is 1.72. The zero-order valence-corrected chi connectivity index (χ0v) is 3.84. The van der Waals surface area contributed by atoms with Gasteiger partial charge in [0, 0.05) is 0 Å². The van der Waals surface area contributed by atoms with Crippen LogP contribution >= 0.6 is 8.35 Å². The summed E-state index contributed by atoms with van der Waals surface area (Å²) in [4.78, 5) is 0. The van der Waals surface area contributed by atoms with E-state index >= 15 is 0 Å². The molecule has 0 spiro atoms. The quantitative estimate of drug-likeness (QED) is 0.474. The molecule has 30 valence electrons. The molecule has 0 fully saturated rings. The number of nitrogens with zero attached hydrogens (tertiary/aromatic N) is 3. The standard InChI is InChI=1S/C2H2N3P/c1-3-4-2-6-5-1/h1-2H. The first kappa shape index (κ1) is 3.62. The van der Waals surface area contributed by atoms with Crippen LogP contribution in [0, 0.1) is 0 Å². The van der Waals surface area contributed by atoms with E-state index in [0.29, 0.717) is 0 Å². The fourth-order valence-electron chi connectivity index (χ4n) is 0.165. The molecule has 0 aliphatic heterocycles. The second-order valence-corrected chi connectivity index (χ2v) is 1.39. The molecule has 1 aromatic rings. The van der Waals surface area contributed by atoms with Crippen LogP contribution < -0.4 is 0 Å². The summed E-state index contributed by atoms with van der Waals surface area (Å²) in [7, 11) is 0.882. The Balaban J connectivity index is 3.00. The summed E-state index contributed by atoms with van der Waals surface area (Å²) < 4.78 is 3.71. The van der Waals surface area contributed by atoms with Gasteiger partial charge in [-0.1, -0.05) is 0 Å². The van der Waals surface area contributed by atoms with E-state index in [2.05, 4.69) is 14.9 Å². The lowest BCUT2D eigenvalue weighted by molar-refractivity contribution is 1.02. The molecule has 1 heterocycles. The second kappa shape index (κ2) is 1.78. The van der Waals surface area contributed by atoms with E-state index in [-0.39, 0.29) is 0 Å². The molecule has 0 aromatic carbocycles. The molecule has 1 aromatic heterocycles. The highest BCUT2D eigenvalue weighted by atomic mass is 31.0. The Bertz CT molecular complexity index is 80.7. The van der Waals surface area contributed by atoms with Crippen molar-refractivity contribution in [1.29, 1.82) is 0 Å². The van der Waals surface area contributed by atoms with Gasteiger partial charge in [0.25, 0.3) is 0 Å². The topological polar surface area (TPSA) is 38.7 Å². The van der Waals surface area contributed by atoms with Gasteiger partial charge < -0.3 is 0 Å². The molecule has 0 amide bonds. The summed E-state index contributed by atoms with van der Waals surface area (Å²) in [5, 5.41) is 6.96. The van der Waals surface area contributed by atoms with Crippen LogP contribution in [0.5, 0.6) is 0 Å². The fourth-order valence-corrected chi connectivity index (χ4v) is 0.437. The minimum atomic E-state index is 0.882. The minimum Gasteiger partial charge on any atom is -0.212 e. The highest BCUT2D eigenvalue weighted by Gasteiger charge is 1.61. The van der Waals surface area contributed by atoms with Gasteiger partial charge in [-0.25, -0.2) is 4.75 Å². The van der Waals surface area contributed by atoms with Gasteiger partial charge in [-0.3, -0.25) is 0 Å². The van der Waals surface area contributed by atoms with Gasteiger partial charge in [-0.2, -0.15) is 5.10 Å². The summed E-state index contributed by atoms with van der Waals surface area (Å²) in [6.07, 6.45) is 1.43. The SMILES string of the molecule is c1nncpn1. The number of hydrogen-bond acceptors (Lipinski definition) is 3. The lowest BCUT2D eigenvalue weighted by Crippen LogP contribution is -1.70. The molecule has 6 heavy (non-hydrogen) atoms. The summed E-state index contributed by atoms with van der Waals surface area (Å²) in [6.45, 7) is 0. The Hall–Kier alpha value is -0.560. The smallest absolute Gasteiger partial charge is 0.142 e. The molecule has 0 saturated carbocycles. The molecule has 0 aliphatic rings. The highest BCUT2D eigenvalue weighted by molar-refractivity contribution is 7.24. The van der Waals surface area contributed by atoms with Gasteiger partial charge in [0.2, 0.25) is 0 Å². The monoisotopic (exact) mass is 99.0 g/mol. The number of rotatable bonds is 0. The van der Waals surface area contributed by atoms with Gasteiger partial charge in [-0.05, 0) is 0 Å². The lowest BCUT2D eigenvalue weighted by atomic mass is 11.4. The summed E-state index contributed by atoms with van der Waals surface area (Å²) >= 11 is 0. The molecular formula is C2H2N3P. The van der Waals surface area contributed by atoms with E-state index in [1.807, 2.05) is 0 Å². The van der Waals surface area contributed by atoms with Crippen molar-refractivity contribution in [2.75, 3.05) is 0 Å². The van der Waals surface area contributed by atoms with Crippen LogP contribution in [0.25, 0.3) is 0 Å². The maximum atomic E-state index is 3.71. The van der Waals surface area contributed by atoms with Crippen molar-refractivity contribution in [3.8, 4) is 0 Å². The Morgan fingerprint density at radius 2 is 2.33 bits per heavy atom. The fraction of sp³-hybridized carbons (Fsp3) is 0. The van der Waals surface area contributed by atoms with E-state index in [1.165, 1.54) is 6.33 Å². The van der Waals surface area contributed by atoms with Crippen molar-refractivity contribution in [2.45, 2.75) is 0 Å². The van der Waals surface area contributed by atoms with Gasteiger partial charge in [0.1, 0.15) is 6.33 Å². The van der Waals surface area contributed by atoms with Crippen molar-refractivity contribution in [1.82, 2.24) is 14.9 Å². The van der Waals surface area contributed by atoms with E-state index in [1.54, 1.807) is 5.93 Å². The van der Waals surface area contributed by atoms with Crippen molar-refractivity contribution in [2.24, 2.45) is 0 Å². The molecule has 0 bridgehead atoms. The molecule has 0 radical (unpaired) electrons. The number of aromatic nitrogens is 3. The van der Waals surface area contributed by atoms with Crippen LogP contribution in [-0.2, 0) is 0 Å². The van der Waals surface area contributed by atoms with Crippen molar-refractivity contribution >= 4 is 8.35 Å². The molecule has 0 aliphatic carbocycles. The van der Waals surface area contributed by atoms with E-state index in [9.17, 15) is 0 Å². The molecule has 4 heteroatoms. The van der Waals surface area contributed by atoms with Crippen LogP contribution in [0.1, 0.15) is 0 Å². The maximum Gasteiger partial charge on any atom is 0.142 e. The van der Waals surface area contributed by atoms with E-state index in [0.717, 1.165) is 8.35 Å². The first-order valence-electron chi connectivity index (χ1n) is 1.43.